The van der Waals surface area contributed by atoms with E-state index >= 15 is 0 Å². The van der Waals surface area contributed by atoms with Crippen molar-refractivity contribution in [1.82, 2.24) is 24.6 Å². The summed E-state index contributed by atoms with van der Waals surface area (Å²) in [6.07, 6.45) is 8.74. The molecule has 2 aromatic heterocycles. The molecule has 158 valence electrons. The van der Waals surface area contributed by atoms with E-state index in [4.69, 9.17) is 4.42 Å². The SMILES string of the molecule is Cc1nnc(-c2ccc3ccn(CC(=O)N4CCN(C5CCCCC5)CC4)c3c2)o1. The normalized spacial score (nSPS) is 18.9. The van der Waals surface area contributed by atoms with E-state index in [2.05, 4.69) is 15.1 Å². The van der Waals surface area contributed by atoms with Gasteiger partial charge in [-0.3, -0.25) is 9.69 Å². The van der Waals surface area contributed by atoms with Crippen molar-refractivity contribution in [2.75, 3.05) is 26.2 Å². The van der Waals surface area contributed by atoms with Gasteiger partial charge in [-0.15, -0.1) is 10.2 Å². The van der Waals surface area contributed by atoms with Gasteiger partial charge >= 0.3 is 0 Å². The lowest BCUT2D eigenvalue weighted by molar-refractivity contribution is -0.133. The molecule has 0 spiro atoms. The fourth-order valence-corrected chi connectivity index (χ4v) is 4.90. The number of piperazine rings is 1. The fourth-order valence-electron chi connectivity index (χ4n) is 4.90. The first-order chi connectivity index (χ1) is 14.7. The Morgan fingerprint density at radius 3 is 2.60 bits per heavy atom. The number of hydrogen-bond donors (Lipinski definition) is 0. The van der Waals surface area contributed by atoms with Crippen LogP contribution >= 0.6 is 0 Å². The van der Waals surface area contributed by atoms with E-state index in [1.54, 1.807) is 6.92 Å². The largest absolute Gasteiger partial charge is 0.421 e. The van der Waals surface area contributed by atoms with Crippen molar-refractivity contribution in [2.45, 2.75) is 51.6 Å². The number of benzene rings is 1. The predicted molar refractivity (Wildman–Crippen MR) is 115 cm³/mol. The third kappa shape index (κ3) is 3.86. The molecule has 1 aromatic carbocycles. The van der Waals surface area contributed by atoms with Crippen molar-refractivity contribution >= 4 is 16.8 Å². The van der Waals surface area contributed by atoms with Crippen LogP contribution in [0.3, 0.4) is 0 Å². The number of carbonyl (C=O) groups is 1. The van der Waals surface area contributed by atoms with Crippen LogP contribution in [0.15, 0.2) is 34.9 Å². The Hall–Kier alpha value is -2.67. The van der Waals surface area contributed by atoms with Crippen LogP contribution in [0.25, 0.3) is 22.4 Å². The standard InChI is InChI=1S/C23H29N5O2/c1-17-24-25-23(30-17)19-8-7-18-9-10-28(21(18)15-19)16-22(29)27-13-11-26(12-14-27)20-5-3-2-4-6-20/h7-10,15,20H,2-6,11-14,16H2,1H3. The molecule has 1 amide bonds. The van der Waals surface area contributed by atoms with Crippen molar-refractivity contribution in [1.29, 1.82) is 0 Å². The Bertz CT molecular complexity index is 1030. The summed E-state index contributed by atoms with van der Waals surface area (Å²) < 4.78 is 7.59. The second-order valence-corrected chi connectivity index (χ2v) is 8.55. The minimum absolute atomic E-state index is 0.190. The van der Waals surface area contributed by atoms with Crippen molar-refractivity contribution in [2.24, 2.45) is 0 Å². The van der Waals surface area contributed by atoms with Gasteiger partial charge in [0.05, 0.1) is 0 Å². The molecule has 2 aliphatic rings. The zero-order chi connectivity index (χ0) is 20.5. The Kier molecular flexibility index (Phi) is 5.29. The highest BCUT2D eigenvalue weighted by Crippen LogP contribution is 2.25. The van der Waals surface area contributed by atoms with Gasteiger partial charge in [-0.25, -0.2) is 0 Å². The number of aromatic nitrogens is 3. The highest BCUT2D eigenvalue weighted by molar-refractivity contribution is 5.86. The summed E-state index contributed by atoms with van der Waals surface area (Å²) in [6, 6.07) is 8.82. The van der Waals surface area contributed by atoms with Gasteiger partial charge in [0.15, 0.2) is 0 Å². The van der Waals surface area contributed by atoms with Crippen molar-refractivity contribution in [3.8, 4) is 11.5 Å². The third-order valence-electron chi connectivity index (χ3n) is 6.61. The van der Waals surface area contributed by atoms with Crippen LogP contribution in [-0.2, 0) is 11.3 Å². The molecule has 7 nitrogen and oxygen atoms in total. The third-order valence-corrected chi connectivity index (χ3v) is 6.61. The van der Waals surface area contributed by atoms with Crippen molar-refractivity contribution in [3.63, 3.8) is 0 Å². The fraction of sp³-hybridized carbons (Fsp3) is 0.522. The van der Waals surface area contributed by atoms with Crippen LogP contribution in [0.2, 0.25) is 0 Å². The molecule has 0 atom stereocenters. The maximum atomic E-state index is 13.0. The molecule has 0 bridgehead atoms. The first kappa shape index (κ1) is 19.3. The second kappa shape index (κ2) is 8.22. The quantitative estimate of drug-likeness (QED) is 0.662. The van der Waals surface area contributed by atoms with Crippen molar-refractivity contribution in [3.05, 3.63) is 36.4 Å². The molecule has 1 saturated carbocycles. The smallest absolute Gasteiger partial charge is 0.247 e. The monoisotopic (exact) mass is 407 g/mol. The van der Waals surface area contributed by atoms with Gasteiger partial charge in [0.2, 0.25) is 17.7 Å². The molecule has 0 radical (unpaired) electrons. The molecule has 3 aromatic rings. The minimum Gasteiger partial charge on any atom is -0.421 e. The molecule has 2 fully saturated rings. The Labute approximate surface area is 176 Å². The van der Waals surface area contributed by atoms with E-state index in [9.17, 15) is 4.79 Å². The lowest BCUT2D eigenvalue weighted by atomic mass is 9.94. The van der Waals surface area contributed by atoms with E-state index in [0.29, 0.717) is 18.3 Å². The zero-order valence-corrected chi connectivity index (χ0v) is 17.6. The second-order valence-electron chi connectivity index (χ2n) is 8.55. The van der Waals surface area contributed by atoms with Gasteiger partial charge in [-0.1, -0.05) is 25.3 Å². The van der Waals surface area contributed by atoms with Gasteiger partial charge in [-0.2, -0.15) is 0 Å². The summed E-state index contributed by atoms with van der Waals surface area (Å²) in [6.45, 7) is 5.82. The number of aryl methyl sites for hydroxylation is 1. The molecular formula is C23H29N5O2. The highest BCUT2D eigenvalue weighted by atomic mass is 16.4. The molecule has 7 heteroatoms. The van der Waals surface area contributed by atoms with E-state index in [-0.39, 0.29) is 5.91 Å². The van der Waals surface area contributed by atoms with Gasteiger partial charge in [0, 0.05) is 56.4 Å². The molecular weight excluding hydrogens is 378 g/mol. The summed E-state index contributed by atoms with van der Waals surface area (Å²) in [5, 5.41) is 9.13. The van der Waals surface area contributed by atoms with Crippen LogP contribution in [0, 0.1) is 6.92 Å². The zero-order valence-electron chi connectivity index (χ0n) is 17.6. The maximum absolute atomic E-state index is 13.0. The molecule has 5 rings (SSSR count). The van der Waals surface area contributed by atoms with Crippen molar-refractivity contribution < 1.29 is 9.21 Å². The van der Waals surface area contributed by atoms with E-state index < -0.39 is 0 Å². The number of hydrogen-bond acceptors (Lipinski definition) is 5. The van der Waals surface area contributed by atoms with E-state index in [0.717, 1.165) is 48.7 Å². The Morgan fingerprint density at radius 2 is 1.87 bits per heavy atom. The van der Waals surface area contributed by atoms with Gasteiger partial charge in [0.1, 0.15) is 6.54 Å². The first-order valence-corrected chi connectivity index (χ1v) is 11.1. The van der Waals surface area contributed by atoms with Crippen LogP contribution < -0.4 is 0 Å². The summed E-state index contributed by atoms with van der Waals surface area (Å²) >= 11 is 0. The predicted octanol–water partition coefficient (Wildman–Crippen LogP) is 3.48. The van der Waals surface area contributed by atoms with Crippen LogP contribution in [-0.4, -0.2) is 62.7 Å². The van der Waals surface area contributed by atoms with E-state index in [1.807, 2.05) is 39.9 Å². The molecule has 30 heavy (non-hydrogen) atoms. The lowest BCUT2D eigenvalue weighted by Crippen LogP contribution is -2.52. The number of nitrogens with zero attached hydrogens (tertiary/aromatic N) is 5. The highest BCUT2D eigenvalue weighted by Gasteiger charge is 2.27. The summed E-state index contributed by atoms with van der Waals surface area (Å²) in [5.41, 5.74) is 1.88. The Balaban J connectivity index is 1.26. The molecule has 1 aliphatic carbocycles. The molecule has 1 saturated heterocycles. The van der Waals surface area contributed by atoms with Crippen LogP contribution in [0.4, 0.5) is 0 Å². The number of amides is 1. The number of carbonyl (C=O) groups excluding carboxylic acids is 1. The number of fused-ring (bicyclic) bond motifs is 1. The van der Waals surface area contributed by atoms with Gasteiger partial charge < -0.3 is 13.9 Å². The Morgan fingerprint density at radius 1 is 1.07 bits per heavy atom. The molecule has 0 unspecified atom stereocenters. The molecule has 0 N–H and O–H groups in total. The topological polar surface area (TPSA) is 67.4 Å². The summed E-state index contributed by atoms with van der Waals surface area (Å²) in [7, 11) is 0. The average molecular weight is 408 g/mol. The number of rotatable bonds is 4. The van der Waals surface area contributed by atoms with Crippen LogP contribution in [0.1, 0.15) is 38.0 Å². The van der Waals surface area contributed by atoms with Crippen LogP contribution in [0.5, 0.6) is 0 Å². The lowest BCUT2D eigenvalue weighted by Gasteiger charge is -2.40. The summed E-state index contributed by atoms with van der Waals surface area (Å²) in [4.78, 5) is 17.6. The van der Waals surface area contributed by atoms with E-state index in [1.165, 1.54) is 32.1 Å². The minimum atomic E-state index is 0.190. The molecule has 3 heterocycles. The maximum Gasteiger partial charge on any atom is 0.247 e. The van der Waals surface area contributed by atoms with Gasteiger partial charge in [-0.05, 0) is 36.4 Å². The molecule has 1 aliphatic heterocycles. The summed E-state index contributed by atoms with van der Waals surface area (Å²) in [5.74, 6) is 1.24. The first-order valence-electron chi connectivity index (χ1n) is 11.1. The van der Waals surface area contributed by atoms with Gasteiger partial charge in [0.25, 0.3) is 0 Å². The average Bonchev–Trinajstić information content (AvgIpc) is 3.40.